The van der Waals surface area contributed by atoms with Crippen molar-refractivity contribution in [3.8, 4) is 0 Å². The van der Waals surface area contributed by atoms with E-state index in [2.05, 4.69) is 4.90 Å². The summed E-state index contributed by atoms with van der Waals surface area (Å²) >= 11 is 0. The lowest BCUT2D eigenvalue weighted by atomic mass is 9.99. The first-order valence-electron chi connectivity index (χ1n) is 5.16. The van der Waals surface area contributed by atoms with Crippen LogP contribution in [0.2, 0.25) is 0 Å². The number of likely N-dealkylation sites (tertiary alicyclic amines) is 1. The topological polar surface area (TPSA) is 29.5 Å². The van der Waals surface area contributed by atoms with E-state index in [1.807, 2.05) is 0 Å². The Morgan fingerprint density at radius 3 is 2.46 bits per heavy atom. The molecular weight excluding hydrogens is 166 g/mol. The van der Waals surface area contributed by atoms with Crippen LogP contribution >= 0.6 is 0 Å². The van der Waals surface area contributed by atoms with Crippen LogP contribution in [0.1, 0.15) is 32.1 Å². The van der Waals surface area contributed by atoms with Crippen molar-refractivity contribution in [2.24, 2.45) is 0 Å². The molecule has 0 aromatic heterocycles. The highest BCUT2D eigenvalue weighted by Crippen LogP contribution is 2.31. The quantitative estimate of drug-likeness (QED) is 0.602. The van der Waals surface area contributed by atoms with E-state index in [1.54, 1.807) is 0 Å². The Morgan fingerprint density at radius 2 is 2.00 bits per heavy atom. The Labute approximate surface area is 79.0 Å². The van der Waals surface area contributed by atoms with Crippen LogP contribution in [0, 0.1) is 0 Å². The van der Waals surface area contributed by atoms with Crippen LogP contribution in [-0.4, -0.2) is 36.6 Å². The number of ether oxygens (including phenoxy) is 1. The second-order valence-corrected chi connectivity index (χ2v) is 4.00. The summed E-state index contributed by atoms with van der Waals surface area (Å²) in [6, 6.07) is 0.742. The van der Waals surface area contributed by atoms with Crippen LogP contribution in [0.3, 0.4) is 0 Å². The first kappa shape index (κ1) is 9.00. The number of methoxy groups -OCH3 is 1. The minimum Gasteiger partial charge on any atom is -0.468 e. The summed E-state index contributed by atoms with van der Waals surface area (Å²) < 4.78 is 4.76. The summed E-state index contributed by atoms with van der Waals surface area (Å²) in [7, 11) is 1.48. The summed E-state index contributed by atoms with van der Waals surface area (Å²) in [5, 5.41) is 0. The Hall–Kier alpha value is -0.570. The van der Waals surface area contributed by atoms with Gasteiger partial charge in [0, 0.05) is 12.6 Å². The van der Waals surface area contributed by atoms with Crippen molar-refractivity contribution in [2.75, 3.05) is 13.7 Å². The van der Waals surface area contributed by atoms with Crippen molar-refractivity contribution in [3.05, 3.63) is 0 Å². The largest absolute Gasteiger partial charge is 0.468 e. The van der Waals surface area contributed by atoms with Gasteiger partial charge in [0.2, 0.25) is 0 Å². The predicted octanol–water partition coefficient (Wildman–Crippen LogP) is 1.18. The minimum atomic E-state index is -0.0434. The molecule has 0 N–H and O–H groups in total. The Morgan fingerprint density at radius 1 is 1.31 bits per heavy atom. The van der Waals surface area contributed by atoms with E-state index in [9.17, 15) is 4.79 Å². The molecule has 1 aliphatic heterocycles. The second kappa shape index (κ2) is 3.66. The average Bonchev–Trinajstić information content (AvgIpc) is 2.55. The van der Waals surface area contributed by atoms with E-state index in [-0.39, 0.29) is 12.0 Å². The maximum Gasteiger partial charge on any atom is 0.323 e. The van der Waals surface area contributed by atoms with E-state index >= 15 is 0 Å². The van der Waals surface area contributed by atoms with Crippen molar-refractivity contribution >= 4 is 5.97 Å². The van der Waals surface area contributed by atoms with Crippen molar-refractivity contribution in [1.29, 1.82) is 0 Å². The van der Waals surface area contributed by atoms with Crippen molar-refractivity contribution < 1.29 is 9.53 Å². The fraction of sp³-hybridized carbons (Fsp3) is 0.900. The lowest BCUT2D eigenvalue weighted by molar-refractivity contribution is -0.153. The van der Waals surface area contributed by atoms with Gasteiger partial charge in [-0.25, -0.2) is 0 Å². The first-order valence-corrected chi connectivity index (χ1v) is 5.16. The summed E-state index contributed by atoms with van der Waals surface area (Å²) in [4.78, 5) is 13.6. The summed E-state index contributed by atoms with van der Waals surface area (Å²) in [5.74, 6) is -0.0434. The summed E-state index contributed by atoms with van der Waals surface area (Å²) in [6.07, 6.45) is 6.19. The van der Waals surface area contributed by atoms with Gasteiger partial charge in [0.15, 0.2) is 0 Å². The normalized spacial score (nSPS) is 30.1. The Kier molecular flexibility index (Phi) is 2.54. The van der Waals surface area contributed by atoms with Crippen molar-refractivity contribution in [2.45, 2.75) is 44.2 Å². The maximum absolute atomic E-state index is 11.3. The third-order valence-electron chi connectivity index (χ3n) is 3.33. The number of carbonyl (C=O) groups is 1. The third-order valence-corrected chi connectivity index (χ3v) is 3.33. The van der Waals surface area contributed by atoms with Crippen LogP contribution < -0.4 is 0 Å². The predicted molar refractivity (Wildman–Crippen MR) is 49.4 cm³/mol. The van der Waals surface area contributed by atoms with Crippen LogP contribution in [-0.2, 0) is 9.53 Å². The zero-order chi connectivity index (χ0) is 9.26. The number of hydrogen-bond acceptors (Lipinski definition) is 3. The molecule has 0 unspecified atom stereocenters. The molecular formula is C10H17NO2. The Balaban J connectivity index is 1.89. The van der Waals surface area contributed by atoms with Gasteiger partial charge >= 0.3 is 5.97 Å². The zero-order valence-corrected chi connectivity index (χ0v) is 8.16. The fourth-order valence-electron chi connectivity index (χ4n) is 2.47. The molecule has 1 saturated heterocycles. The lowest BCUT2D eigenvalue weighted by Gasteiger charge is -2.42. The SMILES string of the molecule is COC(=O)[C@H]1CCN1C1CCCC1. The molecule has 0 amide bonds. The van der Waals surface area contributed by atoms with Gasteiger partial charge in [0.25, 0.3) is 0 Å². The molecule has 0 aromatic rings. The minimum absolute atomic E-state index is 0.0434. The molecule has 0 aromatic carbocycles. The molecule has 74 valence electrons. The standard InChI is InChI=1S/C10H17NO2/c1-13-10(12)9-6-7-11(9)8-4-2-3-5-8/h8-9H,2-7H2,1H3/t9-/m1/s1. The highest BCUT2D eigenvalue weighted by molar-refractivity contribution is 5.76. The number of carbonyl (C=O) groups excluding carboxylic acids is 1. The van der Waals surface area contributed by atoms with Gasteiger partial charge < -0.3 is 4.74 Å². The molecule has 1 atom stereocenters. The van der Waals surface area contributed by atoms with Crippen LogP contribution in [0.5, 0.6) is 0 Å². The van der Waals surface area contributed by atoms with E-state index < -0.39 is 0 Å². The molecule has 1 saturated carbocycles. The smallest absolute Gasteiger partial charge is 0.323 e. The number of rotatable bonds is 2. The summed E-state index contributed by atoms with van der Waals surface area (Å²) in [5.41, 5.74) is 0. The number of hydrogen-bond donors (Lipinski definition) is 0. The first-order chi connectivity index (χ1) is 6.33. The number of esters is 1. The van der Waals surface area contributed by atoms with Gasteiger partial charge in [0.05, 0.1) is 7.11 Å². The maximum atomic E-state index is 11.3. The highest BCUT2D eigenvalue weighted by Gasteiger charge is 2.39. The van der Waals surface area contributed by atoms with E-state index in [4.69, 9.17) is 4.74 Å². The molecule has 3 heteroatoms. The molecule has 0 radical (unpaired) electrons. The molecule has 2 aliphatic rings. The highest BCUT2D eigenvalue weighted by atomic mass is 16.5. The number of nitrogens with zero attached hydrogens (tertiary/aromatic N) is 1. The van der Waals surface area contributed by atoms with Gasteiger partial charge in [0.1, 0.15) is 6.04 Å². The molecule has 1 heterocycles. The van der Waals surface area contributed by atoms with E-state index in [0.29, 0.717) is 6.04 Å². The summed E-state index contributed by atoms with van der Waals surface area (Å²) in [6.45, 7) is 1.09. The van der Waals surface area contributed by atoms with Crippen LogP contribution in [0.25, 0.3) is 0 Å². The van der Waals surface area contributed by atoms with E-state index in [1.165, 1.54) is 32.8 Å². The monoisotopic (exact) mass is 183 g/mol. The van der Waals surface area contributed by atoms with Crippen LogP contribution in [0.4, 0.5) is 0 Å². The fourth-order valence-corrected chi connectivity index (χ4v) is 2.47. The molecule has 2 rings (SSSR count). The Bertz CT molecular complexity index is 199. The lowest BCUT2D eigenvalue weighted by Crippen LogP contribution is -2.56. The van der Waals surface area contributed by atoms with E-state index in [0.717, 1.165) is 13.0 Å². The van der Waals surface area contributed by atoms with Gasteiger partial charge in [-0.15, -0.1) is 0 Å². The van der Waals surface area contributed by atoms with Gasteiger partial charge in [-0.05, 0) is 19.3 Å². The van der Waals surface area contributed by atoms with Gasteiger partial charge in [-0.1, -0.05) is 12.8 Å². The van der Waals surface area contributed by atoms with Crippen LogP contribution in [0.15, 0.2) is 0 Å². The molecule has 0 bridgehead atoms. The van der Waals surface area contributed by atoms with Gasteiger partial charge in [-0.2, -0.15) is 0 Å². The van der Waals surface area contributed by atoms with Crippen molar-refractivity contribution in [1.82, 2.24) is 4.90 Å². The third kappa shape index (κ3) is 1.57. The molecule has 0 spiro atoms. The second-order valence-electron chi connectivity index (χ2n) is 4.00. The molecule has 2 fully saturated rings. The average molecular weight is 183 g/mol. The zero-order valence-electron chi connectivity index (χ0n) is 8.16. The molecule has 13 heavy (non-hydrogen) atoms. The molecule has 1 aliphatic carbocycles. The van der Waals surface area contributed by atoms with Gasteiger partial charge in [-0.3, -0.25) is 9.69 Å². The van der Waals surface area contributed by atoms with Crippen molar-refractivity contribution in [3.63, 3.8) is 0 Å². The molecule has 3 nitrogen and oxygen atoms in total.